The van der Waals surface area contributed by atoms with Crippen molar-refractivity contribution in [2.75, 3.05) is 7.11 Å². The molecule has 0 bridgehead atoms. The smallest absolute Gasteiger partial charge is 0.152 e. The number of rotatable bonds is 3. The minimum Gasteiger partial charge on any atom is -0.497 e. The molecular formula is C17H14FNO2. The summed E-state index contributed by atoms with van der Waals surface area (Å²) < 4.78 is 18.6. The molecule has 3 nitrogen and oxygen atoms in total. The summed E-state index contributed by atoms with van der Waals surface area (Å²) in [6, 6.07) is 10.3. The number of aldehydes is 1. The fourth-order valence-electron chi connectivity index (χ4n) is 2.47. The van der Waals surface area contributed by atoms with Crippen LogP contribution in [0.2, 0.25) is 0 Å². The molecule has 0 aliphatic heterocycles. The van der Waals surface area contributed by atoms with E-state index in [-0.39, 0.29) is 5.82 Å². The number of H-pyrrole nitrogens is 1. The summed E-state index contributed by atoms with van der Waals surface area (Å²) in [5.41, 5.74) is 3.41. The fourth-order valence-corrected chi connectivity index (χ4v) is 2.47. The third-order valence-electron chi connectivity index (χ3n) is 3.61. The number of hydrogen-bond donors (Lipinski definition) is 1. The molecule has 4 heteroatoms. The highest BCUT2D eigenvalue weighted by molar-refractivity contribution is 6.04. The zero-order valence-corrected chi connectivity index (χ0v) is 11.7. The largest absolute Gasteiger partial charge is 0.497 e. The number of ether oxygens (including phenoxy) is 1. The van der Waals surface area contributed by atoms with Gasteiger partial charge in [-0.2, -0.15) is 0 Å². The number of carbonyl (C=O) groups is 1. The van der Waals surface area contributed by atoms with Gasteiger partial charge in [0.05, 0.1) is 12.8 Å². The van der Waals surface area contributed by atoms with Gasteiger partial charge in [-0.1, -0.05) is 0 Å². The van der Waals surface area contributed by atoms with Crippen LogP contribution in [-0.4, -0.2) is 18.4 Å². The highest BCUT2D eigenvalue weighted by Gasteiger charge is 2.14. The first-order valence-electron chi connectivity index (χ1n) is 6.55. The van der Waals surface area contributed by atoms with E-state index in [1.54, 1.807) is 26.2 Å². The van der Waals surface area contributed by atoms with E-state index in [0.29, 0.717) is 22.6 Å². The average Bonchev–Trinajstić information content (AvgIpc) is 2.87. The normalized spacial score (nSPS) is 10.8. The topological polar surface area (TPSA) is 42.1 Å². The number of methoxy groups -OCH3 is 1. The van der Waals surface area contributed by atoms with Crippen LogP contribution >= 0.6 is 0 Å². The molecule has 1 N–H and O–H groups in total. The molecule has 0 spiro atoms. The van der Waals surface area contributed by atoms with Crippen molar-refractivity contribution in [2.24, 2.45) is 0 Å². The lowest BCUT2D eigenvalue weighted by atomic mass is 10.0. The van der Waals surface area contributed by atoms with Crippen LogP contribution < -0.4 is 4.74 Å². The van der Waals surface area contributed by atoms with Crippen molar-refractivity contribution in [3.05, 3.63) is 53.3 Å². The van der Waals surface area contributed by atoms with Crippen LogP contribution in [0.3, 0.4) is 0 Å². The van der Waals surface area contributed by atoms with Crippen molar-refractivity contribution in [1.82, 2.24) is 4.98 Å². The average molecular weight is 283 g/mol. The van der Waals surface area contributed by atoms with Crippen LogP contribution in [0.5, 0.6) is 5.75 Å². The third kappa shape index (κ3) is 2.18. The molecule has 0 unspecified atom stereocenters. The molecule has 0 fully saturated rings. The molecule has 0 radical (unpaired) electrons. The fraction of sp³-hybridized carbons (Fsp3) is 0.118. The minimum atomic E-state index is -0.260. The molecule has 1 heterocycles. The second kappa shape index (κ2) is 5.05. The molecule has 2 aromatic carbocycles. The number of nitrogens with one attached hydrogen (secondary N) is 1. The van der Waals surface area contributed by atoms with Gasteiger partial charge in [-0.25, -0.2) is 4.39 Å². The molecule has 0 aliphatic carbocycles. The van der Waals surface area contributed by atoms with Gasteiger partial charge in [0.25, 0.3) is 0 Å². The Labute approximate surface area is 121 Å². The SMILES string of the molecule is COc1ccc2[nH]c(-c3ccc(F)c(C)c3)c(C=O)c2c1. The Kier molecular flexibility index (Phi) is 3.22. The van der Waals surface area contributed by atoms with Gasteiger partial charge in [0.1, 0.15) is 11.6 Å². The van der Waals surface area contributed by atoms with Gasteiger partial charge in [-0.15, -0.1) is 0 Å². The third-order valence-corrected chi connectivity index (χ3v) is 3.61. The zero-order valence-electron chi connectivity index (χ0n) is 11.7. The van der Waals surface area contributed by atoms with Crippen LogP contribution in [0.25, 0.3) is 22.2 Å². The van der Waals surface area contributed by atoms with Crippen molar-refractivity contribution in [2.45, 2.75) is 6.92 Å². The molecule has 1 aromatic heterocycles. The number of aromatic amines is 1. The summed E-state index contributed by atoms with van der Waals surface area (Å²) in [6.45, 7) is 1.70. The van der Waals surface area contributed by atoms with Crippen LogP contribution in [0, 0.1) is 12.7 Å². The van der Waals surface area contributed by atoms with Crippen LogP contribution in [0.1, 0.15) is 15.9 Å². The van der Waals surface area contributed by atoms with E-state index < -0.39 is 0 Å². The lowest BCUT2D eigenvalue weighted by molar-refractivity contribution is 0.112. The summed E-state index contributed by atoms with van der Waals surface area (Å²) in [4.78, 5) is 14.7. The van der Waals surface area contributed by atoms with Gasteiger partial charge in [0.15, 0.2) is 6.29 Å². The highest BCUT2D eigenvalue weighted by Crippen LogP contribution is 2.32. The second-order valence-electron chi connectivity index (χ2n) is 4.91. The molecule has 0 amide bonds. The summed E-state index contributed by atoms with van der Waals surface area (Å²) >= 11 is 0. The number of fused-ring (bicyclic) bond motifs is 1. The second-order valence-corrected chi connectivity index (χ2v) is 4.91. The van der Waals surface area contributed by atoms with Gasteiger partial charge in [0.2, 0.25) is 0 Å². The Morgan fingerprint density at radius 1 is 1.19 bits per heavy atom. The molecule has 0 atom stereocenters. The molecule has 106 valence electrons. The first kappa shape index (κ1) is 13.4. The molecule has 3 rings (SSSR count). The molecule has 0 aliphatic rings. The van der Waals surface area contributed by atoms with Crippen molar-refractivity contribution >= 4 is 17.2 Å². The van der Waals surface area contributed by atoms with E-state index in [9.17, 15) is 9.18 Å². The Hall–Kier alpha value is -2.62. The van der Waals surface area contributed by atoms with E-state index >= 15 is 0 Å². The van der Waals surface area contributed by atoms with E-state index in [4.69, 9.17) is 4.74 Å². The minimum absolute atomic E-state index is 0.260. The maximum absolute atomic E-state index is 13.4. The summed E-state index contributed by atoms with van der Waals surface area (Å²) in [7, 11) is 1.58. The summed E-state index contributed by atoms with van der Waals surface area (Å²) in [5.74, 6) is 0.427. The van der Waals surface area contributed by atoms with Gasteiger partial charge in [0, 0.05) is 16.5 Å². The van der Waals surface area contributed by atoms with Gasteiger partial charge < -0.3 is 9.72 Å². The Bertz CT molecular complexity index is 836. The highest BCUT2D eigenvalue weighted by atomic mass is 19.1. The molecular weight excluding hydrogens is 269 g/mol. The van der Waals surface area contributed by atoms with Crippen molar-refractivity contribution in [3.8, 4) is 17.0 Å². The first-order valence-corrected chi connectivity index (χ1v) is 6.55. The zero-order chi connectivity index (χ0) is 15.0. The summed E-state index contributed by atoms with van der Waals surface area (Å²) in [6.07, 6.45) is 0.812. The monoisotopic (exact) mass is 283 g/mol. The predicted molar refractivity (Wildman–Crippen MR) is 80.4 cm³/mol. The standard InChI is InChI=1S/C17H14FNO2/c1-10-7-11(3-5-15(10)18)17-14(9-20)13-8-12(21-2)4-6-16(13)19-17/h3-9,19H,1-2H3. The maximum Gasteiger partial charge on any atom is 0.152 e. The lowest BCUT2D eigenvalue weighted by Gasteiger charge is -2.02. The Morgan fingerprint density at radius 2 is 2.00 bits per heavy atom. The van der Waals surface area contributed by atoms with Crippen LogP contribution in [-0.2, 0) is 0 Å². The van der Waals surface area contributed by atoms with E-state index in [2.05, 4.69) is 4.98 Å². The number of aromatic nitrogens is 1. The van der Waals surface area contributed by atoms with Gasteiger partial charge >= 0.3 is 0 Å². The van der Waals surface area contributed by atoms with Crippen LogP contribution in [0.4, 0.5) is 4.39 Å². The van der Waals surface area contributed by atoms with E-state index in [1.165, 1.54) is 6.07 Å². The molecule has 3 aromatic rings. The number of hydrogen-bond acceptors (Lipinski definition) is 2. The quantitative estimate of drug-likeness (QED) is 0.735. The van der Waals surface area contributed by atoms with Gasteiger partial charge in [-0.3, -0.25) is 4.79 Å². The number of aryl methyl sites for hydroxylation is 1. The van der Waals surface area contributed by atoms with Crippen LogP contribution in [0.15, 0.2) is 36.4 Å². The molecule has 21 heavy (non-hydrogen) atoms. The lowest BCUT2D eigenvalue weighted by Crippen LogP contribution is -1.88. The van der Waals surface area contributed by atoms with Crippen molar-refractivity contribution < 1.29 is 13.9 Å². The van der Waals surface area contributed by atoms with Crippen molar-refractivity contribution in [3.63, 3.8) is 0 Å². The molecule has 0 saturated carbocycles. The van der Waals surface area contributed by atoms with E-state index in [1.807, 2.05) is 18.2 Å². The molecule has 0 saturated heterocycles. The summed E-state index contributed by atoms with van der Waals surface area (Å²) in [5, 5.41) is 0.793. The predicted octanol–water partition coefficient (Wildman–Crippen LogP) is 4.10. The first-order chi connectivity index (χ1) is 10.1. The van der Waals surface area contributed by atoms with E-state index in [0.717, 1.165) is 22.8 Å². The Balaban J connectivity index is 2.26. The number of halogens is 1. The maximum atomic E-state index is 13.4. The number of carbonyl (C=O) groups excluding carboxylic acids is 1. The van der Waals surface area contributed by atoms with Crippen molar-refractivity contribution in [1.29, 1.82) is 0 Å². The van der Waals surface area contributed by atoms with Gasteiger partial charge in [-0.05, 0) is 54.4 Å². The Morgan fingerprint density at radius 3 is 2.67 bits per heavy atom. The number of benzene rings is 2.